The van der Waals surface area contributed by atoms with Crippen LogP contribution in [0, 0.1) is 17.8 Å². The molecule has 0 amide bonds. The van der Waals surface area contributed by atoms with Crippen molar-refractivity contribution in [2.75, 3.05) is 28.3 Å². The lowest BCUT2D eigenvalue weighted by molar-refractivity contribution is -0.171. The van der Waals surface area contributed by atoms with Crippen molar-refractivity contribution in [3.63, 3.8) is 0 Å². The zero-order valence-electron chi connectivity index (χ0n) is 13.4. The summed E-state index contributed by atoms with van der Waals surface area (Å²) in [4.78, 5) is 36.3. The first-order valence-electron chi connectivity index (χ1n) is 6.78. The minimum atomic E-state index is -1.63. The van der Waals surface area contributed by atoms with E-state index in [0.717, 1.165) is 7.11 Å². The first-order valence-corrected chi connectivity index (χ1v) is 6.78. The Hall–Kier alpha value is -1.96. The Kier molecular flexibility index (Phi) is 5.65. The van der Waals surface area contributed by atoms with Gasteiger partial charge in [-0.15, -0.1) is 0 Å². The Morgan fingerprint density at radius 2 is 1.86 bits per heavy atom. The third-order valence-electron chi connectivity index (χ3n) is 3.70. The van der Waals surface area contributed by atoms with Crippen molar-refractivity contribution in [1.29, 1.82) is 0 Å². The van der Waals surface area contributed by atoms with Gasteiger partial charge >= 0.3 is 11.9 Å². The number of esters is 2. The molecule has 0 spiro atoms. The second-order valence-corrected chi connectivity index (χ2v) is 5.69. The number of nitrogens with zero attached hydrogens (tertiary/aromatic N) is 2. The SMILES string of the molecule is COC(=O)C1C(=O)CC(C)(O)C(C(=O)OC)C1/C=N/N(C)C. The van der Waals surface area contributed by atoms with Crippen molar-refractivity contribution in [2.45, 2.75) is 18.9 Å². The summed E-state index contributed by atoms with van der Waals surface area (Å²) in [5, 5.41) is 15.9. The average molecular weight is 314 g/mol. The predicted molar refractivity (Wildman–Crippen MR) is 76.9 cm³/mol. The van der Waals surface area contributed by atoms with Crippen molar-refractivity contribution in [2.24, 2.45) is 22.9 Å². The number of Topliss-reactive ketones (excluding diaryl/α,β-unsaturated/α-hetero) is 1. The van der Waals surface area contributed by atoms with Crippen molar-refractivity contribution in [3.05, 3.63) is 0 Å². The van der Waals surface area contributed by atoms with Gasteiger partial charge in [-0.05, 0) is 6.92 Å². The van der Waals surface area contributed by atoms with E-state index in [2.05, 4.69) is 9.84 Å². The highest BCUT2D eigenvalue weighted by molar-refractivity contribution is 6.04. The van der Waals surface area contributed by atoms with Gasteiger partial charge in [0.05, 0.1) is 25.7 Å². The quantitative estimate of drug-likeness (QED) is 0.321. The predicted octanol–water partition coefficient (Wildman–Crippen LogP) is -0.548. The van der Waals surface area contributed by atoms with Gasteiger partial charge in [0.1, 0.15) is 5.92 Å². The van der Waals surface area contributed by atoms with Crippen LogP contribution in [-0.4, -0.2) is 68.0 Å². The summed E-state index contributed by atoms with van der Waals surface area (Å²) in [5.74, 6) is -5.20. The fourth-order valence-electron chi connectivity index (χ4n) is 2.73. The van der Waals surface area contributed by atoms with Gasteiger partial charge in [-0.25, -0.2) is 0 Å². The molecule has 8 nitrogen and oxygen atoms in total. The lowest BCUT2D eigenvalue weighted by Crippen LogP contribution is -2.56. The number of ether oxygens (including phenoxy) is 2. The highest BCUT2D eigenvalue weighted by Crippen LogP contribution is 2.40. The van der Waals surface area contributed by atoms with Crippen LogP contribution in [0.1, 0.15) is 13.3 Å². The molecule has 124 valence electrons. The van der Waals surface area contributed by atoms with Crippen molar-refractivity contribution >= 4 is 23.9 Å². The maximum Gasteiger partial charge on any atom is 0.316 e. The third kappa shape index (κ3) is 3.62. The number of aliphatic hydroxyl groups is 1. The molecule has 1 rings (SSSR count). The topological polar surface area (TPSA) is 106 Å². The van der Waals surface area contributed by atoms with E-state index in [4.69, 9.17) is 4.74 Å². The largest absolute Gasteiger partial charge is 0.469 e. The van der Waals surface area contributed by atoms with Gasteiger partial charge in [-0.2, -0.15) is 5.10 Å². The van der Waals surface area contributed by atoms with Crippen LogP contribution in [0.25, 0.3) is 0 Å². The van der Waals surface area contributed by atoms with Crippen LogP contribution in [0.3, 0.4) is 0 Å². The Balaban J connectivity index is 3.35. The zero-order chi connectivity index (χ0) is 17.1. The summed E-state index contributed by atoms with van der Waals surface area (Å²) in [6.07, 6.45) is 0.980. The number of rotatable bonds is 4. The number of hydrazone groups is 1. The maximum atomic E-state index is 12.2. The van der Waals surface area contributed by atoms with E-state index in [9.17, 15) is 19.5 Å². The molecule has 0 aromatic heterocycles. The second kappa shape index (κ2) is 6.87. The molecular formula is C14H22N2O6. The third-order valence-corrected chi connectivity index (χ3v) is 3.70. The number of hydrogen-bond acceptors (Lipinski definition) is 8. The van der Waals surface area contributed by atoms with Crippen molar-refractivity contribution in [1.82, 2.24) is 5.01 Å². The molecule has 4 unspecified atom stereocenters. The molecule has 22 heavy (non-hydrogen) atoms. The molecule has 0 bridgehead atoms. The van der Waals surface area contributed by atoms with E-state index < -0.39 is 41.1 Å². The molecule has 0 aromatic rings. The molecule has 1 saturated carbocycles. The average Bonchev–Trinajstić information content (AvgIpc) is 2.42. The van der Waals surface area contributed by atoms with Crippen LogP contribution in [0.5, 0.6) is 0 Å². The Morgan fingerprint density at radius 3 is 2.32 bits per heavy atom. The first kappa shape index (κ1) is 18.1. The van der Waals surface area contributed by atoms with Crippen molar-refractivity contribution < 1.29 is 29.0 Å². The fourth-order valence-corrected chi connectivity index (χ4v) is 2.73. The summed E-state index contributed by atoms with van der Waals surface area (Å²) < 4.78 is 9.38. The zero-order valence-corrected chi connectivity index (χ0v) is 13.4. The number of methoxy groups -OCH3 is 2. The van der Waals surface area contributed by atoms with E-state index in [1.165, 1.54) is 25.3 Å². The van der Waals surface area contributed by atoms with Crippen LogP contribution in [0.4, 0.5) is 0 Å². The molecule has 8 heteroatoms. The molecule has 0 heterocycles. The minimum Gasteiger partial charge on any atom is -0.469 e. The van der Waals surface area contributed by atoms with Gasteiger partial charge in [-0.3, -0.25) is 14.4 Å². The van der Waals surface area contributed by atoms with Crippen LogP contribution in [0.15, 0.2) is 5.10 Å². The molecule has 1 fully saturated rings. The fraction of sp³-hybridized carbons (Fsp3) is 0.714. The number of ketones is 1. The number of hydrogen-bond donors (Lipinski definition) is 1. The van der Waals surface area contributed by atoms with Crippen LogP contribution in [-0.2, 0) is 23.9 Å². The smallest absolute Gasteiger partial charge is 0.316 e. The van der Waals surface area contributed by atoms with Gasteiger partial charge < -0.3 is 19.6 Å². The van der Waals surface area contributed by atoms with Gasteiger partial charge in [0, 0.05) is 32.6 Å². The van der Waals surface area contributed by atoms with Crippen LogP contribution >= 0.6 is 0 Å². The summed E-state index contributed by atoms with van der Waals surface area (Å²) in [6, 6.07) is 0. The Bertz CT molecular complexity index is 486. The highest BCUT2D eigenvalue weighted by Gasteiger charge is 2.56. The van der Waals surface area contributed by atoms with E-state index in [-0.39, 0.29) is 6.42 Å². The minimum absolute atomic E-state index is 0.334. The van der Waals surface area contributed by atoms with Crippen molar-refractivity contribution in [3.8, 4) is 0 Å². The van der Waals surface area contributed by atoms with Gasteiger partial charge in [0.2, 0.25) is 0 Å². The van der Waals surface area contributed by atoms with Crippen LogP contribution in [0.2, 0.25) is 0 Å². The summed E-state index contributed by atoms with van der Waals surface area (Å²) >= 11 is 0. The van der Waals surface area contributed by atoms with Gasteiger partial charge in [0.15, 0.2) is 5.78 Å². The molecule has 1 aliphatic carbocycles. The summed E-state index contributed by atoms with van der Waals surface area (Å²) in [5.41, 5.74) is -1.63. The van der Waals surface area contributed by atoms with Gasteiger partial charge in [-0.1, -0.05) is 0 Å². The van der Waals surface area contributed by atoms with Gasteiger partial charge in [0.25, 0.3) is 0 Å². The molecule has 0 saturated heterocycles. The second-order valence-electron chi connectivity index (χ2n) is 5.69. The lowest BCUT2D eigenvalue weighted by Gasteiger charge is -2.41. The summed E-state index contributed by atoms with van der Waals surface area (Å²) in [7, 11) is 5.65. The highest BCUT2D eigenvalue weighted by atomic mass is 16.5. The lowest BCUT2D eigenvalue weighted by atomic mass is 9.64. The van der Waals surface area contributed by atoms with Crippen LogP contribution < -0.4 is 0 Å². The first-order chi connectivity index (χ1) is 10.2. The molecule has 1 N–H and O–H groups in total. The van der Waals surface area contributed by atoms with E-state index in [1.807, 2.05) is 0 Å². The molecule has 0 aliphatic heterocycles. The summed E-state index contributed by atoms with van der Waals surface area (Å²) in [6.45, 7) is 1.37. The molecule has 4 atom stereocenters. The Labute approximate surface area is 129 Å². The standard InChI is InChI=1S/C14H22N2O6/c1-14(20)6-9(17)10(12(18)21-4)8(7-15-16(2)3)11(14)13(19)22-5/h7-8,10-11,20H,6H2,1-5H3/b15-7+. The number of carbonyl (C=O) groups is 3. The normalized spacial score (nSPS) is 31.9. The number of carbonyl (C=O) groups excluding carboxylic acids is 3. The van der Waals surface area contributed by atoms with E-state index >= 15 is 0 Å². The molecule has 0 radical (unpaired) electrons. The Morgan fingerprint density at radius 1 is 1.32 bits per heavy atom. The monoisotopic (exact) mass is 314 g/mol. The van der Waals surface area contributed by atoms with E-state index in [1.54, 1.807) is 14.1 Å². The molecule has 0 aromatic carbocycles. The molecule has 1 aliphatic rings. The molecular weight excluding hydrogens is 292 g/mol. The maximum absolute atomic E-state index is 12.2. The van der Waals surface area contributed by atoms with E-state index in [0.29, 0.717) is 0 Å².